The van der Waals surface area contributed by atoms with Gasteiger partial charge in [0.2, 0.25) is 11.1 Å². The van der Waals surface area contributed by atoms with Gasteiger partial charge >= 0.3 is 17.9 Å². The van der Waals surface area contributed by atoms with Crippen LogP contribution in [0.3, 0.4) is 0 Å². The molecular weight excluding hydrogens is 460 g/mol. The summed E-state index contributed by atoms with van der Waals surface area (Å²) in [5, 5.41) is 9.97. The maximum atomic E-state index is 12.5. The second-order valence-electron chi connectivity index (χ2n) is 7.40. The summed E-state index contributed by atoms with van der Waals surface area (Å²) in [5.41, 5.74) is -0.261. The molecule has 0 aliphatic rings. The van der Waals surface area contributed by atoms with E-state index in [2.05, 4.69) is 25.2 Å². The van der Waals surface area contributed by atoms with Gasteiger partial charge in [-0.1, -0.05) is 32.5 Å². The van der Waals surface area contributed by atoms with Crippen molar-refractivity contribution >= 4 is 51.9 Å². The van der Waals surface area contributed by atoms with E-state index in [1.54, 1.807) is 0 Å². The van der Waals surface area contributed by atoms with Crippen LogP contribution in [0.2, 0.25) is 0 Å². The third kappa shape index (κ3) is 6.07. The number of ether oxygens (including phenoxy) is 3. The molecule has 0 saturated heterocycles. The van der Waals surface area contributed by atoms with Crippen LogP contribution in [0.1, 0.15) is 52.2 Å². The normalized spacial score (nSPS) is 11.1. The number of thioether (sulfide) groups is 1. The SMILES string of the molecule is COC(=O)Cc1c(C(=O)OC)sc(NC(=O)CSc2n[nH]c(C(C)(C)C)n2)c1C(=O)OC. The Morgan fingerprint density at radius 3 is 2.25 bits per heavy atom. The number of nitrogens with one attached hydrogen (secondary N) is 2. The molecule has 2 rings (SSSR count). The van der Waals surface area contributed by atoms with Crippen LogP contribution in [0, 0.1) is 0 Å². The monoisotopic (exact) mass is 484 g/mol. The summed E-state index contributed by atoms with van der Waals surface area (Å²) in [6, 6.07) is 0. The van der Waals surface area contributed by atoms with Crippen molar-refractivity contribution < 1.29 is 33.4 Å². The summed E-state index contributed by atoms with van der Waals surface area (Å²) in [5.74, 6) is -2.09. The fraction of sp³-hybridized carbons (Fsp3) is 0.474. The van der Waals surface area contributed by atoms with Crippen LogP contribution in [0.25, 0.3) is 0 Å². The number of nitrogens with zero attached hydrogens (tertiary/aromatic N) is 2. The second-order valence-corrected chi connectivity index (χ2v) is 9.37. The number of hydrogen-bond acceptors (Lipinski definition) is 11. The van der Waals surface area contributed by atoms with Gasteiger partial charge in [-0.15, -0.1) is 16.4 Å². The van der Waals surface area contributed by atoms with Crippen molar-refractivity contribution in [1.29, 1.82) is 0 Å². The molecule has 2 N–H and O–H groups in total. The Morgan fingerprint density at radius 2 is 1.72 bits per heavy atom. The number of carbonyl (C=O) groups excluding carboxylic acids is 4. The minimum absolute atomic E-state index is 0.00922. The number of aromatic amines is 1. The van der Waals surface area contributed by atoms with E-state index in [4.69, 9.17) is 9.47 Å². The molecule has 0 spiro atoms. The highest BCUT2D eigenvalue weighted by molar-refractivity contribution is 7.99. The van der Waals surface area contributed by atoms with Crippen molar-refractivity contribution in [3.05, 3.63) is 21.8 Å². The number of methoxy groups -OCH3 is 3. The highest BCUT2D eigenvalue weighted by Crippen LogP contribution is 2.35. The van der Waals surface area contributed by atoms with Gasteiger partial charge < -0.3 is 19.5 Å². The average Bonchev–Trinajstić information content (AvgIpc) is 3.36. The van der Waals surface area contributed by atoms with Gasteiger partial charge in [0.15, 0.2) is 0 Å². The Morgan fingerprint density at radius 1 is 1.06 bits per heavy atom. The summed E-state index contributed by atoms with van der Waals surface area (Å²) >= 11 is 1.91. The predicted octanol–water partition coefficient (Wildman–Crippen LogP) is 2.18. The molecule has 0 unspecified atom stereocenters. The van der Waals surface area contributed by atoms with Crippen LogP contribution < -0.4 is 5.32 Å². The van der Waals surface area contributed by atoms with Crippen LogP contribution in [0.15, 0.2) is 5.16 Å². The molecule has 13 heteroatoms. The van der Waals surface area contributed by atoms with Gasteiger partial charge in [-0.25, -0.2) is 14.6 Å². The van der Waals surface area contributed by atoms with E-state index < -0.39 is 23.8 Å². The minimum atomic E-state index is -0.818. The minimum Gasteiger partial charge on any atom is -0.469 e. The lowest BCUT2D eigenvalue weighted by molar-refractivity contribution is -0.139. The van der Waals surface area contributed by atoms with E-state index in [9.17, 15) is 19.2 Å². The maximum absolute atomic E-state index is 12.5. The number of anilines is 1. The van der Waals surface area contributed by atoms with Crippen molar-refractivity contribution in [3.63, 3.8) is 0 Å². The lowest BCUT2D eigenvalue weighted by Crippen LogP contribution is -2.17. The predicted molar refractivity (Wildman–Crippen MR) is 117 cm³/mol. The highest BCUT2D eigenvalue weighted by Gasteiger charge is 2.30. The first kappa shape index (κ1) is 25.3. The summed E-state index contributed by atoms with van der Waals surface area (Å²) in [6.07, 6.45) is -0.376. The van der Waals surface area contributed by atoms with Gasteiger partial charge in [0.25, 0.3) is 0 Å². The number of rotatable bonds is 8. The molecule has 0 aliphatic carbocycles. The van der Waals surface area contributed by atoms with E-state index in [1.165, 1.54) is 14.2 Å². The van der Waals surface area contributed by atoms with E-state index in [-0.39, 0.29) is 38.6 Å². The Hall–Kier alpha value is -2.93. The molecule has 0 atom stereocenters. The molecule has 1 amide bonds. The quantitative estimate of drug-likeness (QED) is 0.324. The van der Waals surface area contributed by atoms with Crippen LogP contribution in [-0.2, 0) is 35.6 Å². The van der Waals surface area contributed by atoms with Gasteiger partial charge in [-0.3, -0.25) is 14.7 Å². The van der Waals surface area contributed by atoms with Gasteiger partial charge in [-0.05, 0) is 0 Å². The molecule has 2 aromatic heterocycles. The van der Waals surface area contributed by atoms with E-state index in [1.807, 2.05) is 20.8 Å². The first-order valence-electron chi connectivity index (χ1n) is 9.26. The zero-order valence-electron chi connectivity index (χ0n) is 18.5. The molecule has 0 aliphatic heterocycles. The smallest absolute Gasteiger partial charge is 0.348 e. The Kier molecular flexibility index (Phi) is 8.38. The molecule has 2 aromatic rings. The van der Waals surface area contributed by atoms with Crippen molar-refractivity contribution in [2.24, 2.45) is 0 Å². The lowest BCUT2D eigenvalue weighted by atomic mass is 9.96. The summed E-state index contributed by atoms with van der Waals surface area (Å²) in [7, 11) is 3.50. The molecule has 2 heterocycles. The fourth-order valence-corrected chi connectivity index (χ4v) is 4.19. The molecular formula is C19H24N4O7S2. The molecule has 174 valence electrons. The summed E-state index contributed by atoms with van der Waals surface area (Å²) in [6.45, 7) is 5.93. The zero-order valence-corrected chi connectivity index (χ0v) is 20.1. The third-order valence-electron chi connectivity index (χ3n) is 4.08. The van der Waals surface area contributed by atoms with E-state index in [0.717, 1.165) is 30.2 Å². The van der Waals surface area contributed by atoms with Gasteiger partial charge in [0.1, 0.15) is 15.7 Å². The van der Waals surface area contributed by atoms with Crippen LogP contribution in [0.5, 0.6) is 0 Å². The van der Waals surface area contributed by atoms with Crippen molar-refractivity contribution in [2.75, 3.05) is 32.4 Å². The number of esters is 3. The summed E-state index contributed by atoms with van der Waals surface area (Å²) in [4.78, 5) is 53.3. The third-order valence-corrected chi connectivity index (χ3v) is 6.05. The number of carbonyl (C=O) groups is 4. The molecule has 11 nitrogen and oxygen atoms in total. The second kappa shape index (κ2) is 10.6. The first-order chi connectivity index (χ1) is 15.0. The van der Waals surface area contributed by atoms with Crippen LogP contribution in [0.4, 0.5) is 5.00 Å². The van der Waals surface area contributed by atoms with E-state index in [0.29, 0.717) is 11.0 Å². The molecule has 0 bridgehead atoms. The van der Waals surface area contributed by atoms with E-state index >= 15 is 0 Å². The molecule has 0 saturated carbocycles. The number of aromatic nitrogens is 3. The highest BCUT2D eigenvalue weighted by atomic mass is 32.2. The molecule has 0 fully saturated rings. The lowest BCUT2D eigenvalue weighted by Gasteiger charge is -2.12. The van der Waals surface area contributed by atoms with Gasteiger partial charge in [0.05, 0.1) is 39.1 Å². The maximum Gasteiger partial charge on any atom is 0.348 e. The number of hydrogen-bond donors (Lipinski definition) is 2. The molecule has 32 heavy (non-hydrogen) atoms. The average molecular weight is 485 g/mol. The molecule has 0 aromatic carbocycles. The standard InChI is InChI=1S/C19H24N4O7S2/c1-19(2,3)17-21-18(23-22-17)31-8-10(24)20-14-12(15(26)29-5)9(7-11(25)28-4)13(32-14)16(27)30-6/h7-8H2,1-6H3,(H,20,24)(H,21,22,23). The summed E-state index contributed by atoms with van der Waals surface area (Å²) < 4.78 is 14.2. The largest absolute Gasteiger partial charge is 0.469 e. The van der Waals surface area contributed by atoms with Gasteiger partial charge in [0, 0.05) is 11.0 Å². The van der Waals surface area contributed by atoms with Crippen molar-refractivity contribution in [3.8, 4) is 0 Å². The van der Waals surface area contributed by atoms with Crippen LogP contribution in [-0.4, -0.2) is 66.1 Å². The Bertz CT molecular complexity index is 1020. The number of H-pyrrole nitrogens is 1. The van der Waals surface area contributed by atoms with Crippen LogP contribution >= 0.6 is 23.1 Å². The van der Waals surface area contributed by atoms with Gasteiger partial charge in [-0.2, -0.15) is 0 Å². The topological polar surface area (TPSA) is 150 Å². The van der Waals surface area contributed by atoms with Crippen molar-refractivity contribution in [2.45, 2.75) is 37.8 Å². The first-order valence-corrected chi connectivity index (χ1v) is 11.1. The zero-order chi connectivity index (χ0) is 24.1. The Labute approximate surface area is 192 Å². The van der Waals surface area contributed by atoms with Crippen molar-refractivity contribution in [1.82, 2.24) is 15.2 Å². The Balaban J connectivity index is 2.27. The number of amides is 1. The number of thiophene rings is 1. The fourth-order valence-electron chi connectivity index (χ4n) is 2.45. The molecule has 0 radical (unpaired) electrons.